The normalized spacial score (nSPS) is 12.9. The summed E-state index contributed by atoms with van der Waals surface area (Å²) in [4.78, 5) is 30.8. The lowest BCUT2D eigenvalue weighted by Crippen LogP contribution is -2.29. The summed E-state index contributed by atoms with van der Waals surface area (Å²) in [6.07, 6.45) is 5.32. The maximum Gasteiger partial charge on any atom is 0.167 e. The van der Waals surface area contributed by atoms with Crippen LogP contribution in [0.15, 0.2) is 48.5 Å². The Bertz CT molecular complexity index is 875. The van der Waals surface area contributed by atoms with Crippen molar-refractivity contribution >= 4 is 11.6 Å². The number of Topliss-reactive ketones (excluding diaryl/α,β-unsaturated/α-hetero) is 2. The van der Waals surface area contributed by atoms with Crippen LogP contribution in [-0.2, 0) is 0 Å². The van der Waals surface area contributed by atoms with Gasteiger partial charge in [-0.2, -0.15) is 0 Å². The van der Waals surface area contributed by atoms with Crippen molar-refractivity contribution in [2.75, 3.05) is 54.5 Å². The van der Waals surface area contributed by atoms with Gasteiger partial charge in [-0.25, -0.2) is 0 Å². The van der Waals surface area contributed by atoms with Crippen LogP contribution in [0.4, 0.5) is 0 Å². The Morgan fingerprint density at radius 2 is 0.974 bits per heavy atom. The molecule has 0 aliphatic carbocycles. The maximum atomic E-state index is 13.3. The van der Waals surface area contributed by atoms with E-state index in [1.54, 1.807) is 0 Å². The smallest absolute Gasteiger partial charge is 0.167 e. The molecule has 2 unspecified atom stereocenters. The van der Waals surface area contributed by atoms with Crippen LogP contribution in [0.2, 0.25) is 0 Å². The molecule has 0 saturated carbocycles. The van der Waals surface area contributed by atoms with Gasteiger partial charge in [-0.05, 0) is 102 Å². The third-order valence-electron chi connectivity index (χ3n) is 6.49. The van der Waals surface area contributed by atoms with Gasteiger partial charge in [-0.15, -0.1) is 0 Å². The number of unbranched alkanes of at least 4 members (excludes halogenated alkanes) is 1. The van der Waals surface area contributed by atoms with Gasteiger partial charge in [0.2, 0.25) is 0 Å². The molecular weight excluding hydrogens is 476 g/mol. The predicted octanol–water partition coefficient (Wildman–Crippen LogP) is 6.25. The first-order valence-corrected chi connectivity index (χ1v) is 14.1. The van der Waals surface area contributed by atoms with Crippen LogP contribution in [0, 0.1) is 11.8 Å². The van der Waals surface area contributed by atoms with Gasteiger partial charge in [0.25, 0.3) is 0 Å². The van der Waals surface area contributed by atoms with E-state index in [1.165, 1.54) is 0 Å². The Kier molecular flexibility index (Phi) is 14.1. The van der Waals surface area contributed by atoms with Crippen LogP contribution < -0.4 is 9.47 Å². The highest BCUT2D eigenvalue weighted by atomic mass is 16.5. The van der Waals surface area contributed by atoms with Crippen LogP contribution in [0.25, 0.3) is 0 Å². The molecule has 0 aliphatic heterocycles. The molecule has 0 aromatic heterocycles. The second-order valence-electron chi connectivity index (χ2n) is 10.7. The lowest BCUT2D eigenvalue weighted by atomic mass is 9.88. The number of nitrogens with zero attached hydrogens (tertiary/aromatic N) is 2. The van der Waals surface area contributed by atoms with Gasteiger partial charge in [0.05, 0.1) is 13.2 Å². The van der Waals surface area contributed by atoms with E-state index < -0.39 is 0 Å². The van der Waals surface area contributed by atoms with Gasteiger partial charge in [0, 0.05) is 36.1 Å². The molecule has 2 rings (SSSR count). The zero-order valence-corrected chi connectivity index (χ0v) is 24.4. The minimum absolute atomic E-state index is 0.0777. The average molecular weight is 525 g/mol. The van der Waals surface area contributed by atoms with Crippen molar-refractivity contribution in [3.8, 4) is 11.5 Å². The van der Waals surface area contributed by atoms with Gasteiger partial charge < -0.3 is 19.3 Å². The number of hydrogen-bond donors (Lipinski definition) is 0. The lowest BCUT2D eigenvalue weighted by molar-refractivity contribution is 0.0867. The number of hydrogen-bond acceptors (Lipinski definition) is 6. The molecule has 2 aromatic carbocycles. The highest BCUT2D eigenvalue weighted by Gasteiger charge is 2.23. The van der Waals surface area contributed by atoms with Gasteiger partial charge in [0.15, 0.2) is 11.6 Å². The van der Waals surface area contributed by atoms with Gasteiger partial charge in [0.1, 0.15) is 11.5 Å². The molecule has 0 spiro atoms. The van der Waals surface area contributed by atoms with Crippen molar-refractivity contribution in [3.63, 3.8) is 0 Å². The van der Waals surface area contributed by atoms with Crippen molar-refractivity contribution in [2.24, 2.45) is 11.8 Å². The van der Waals surface area contributed by atoms with Crippen molar-refractivity contribution in [2.45, 2.75) is 52.4 Å². The fourth-order valence-corrected chi connectivity index (χ4v) is 4.62. The van der Waals surface area contributed by atoms with Crippen LogP contribution in [-0.4, -0.2) is 75.9 Å². The second-order valence-corrected chi connectivity index (χ2v) is 10.7. The molecule has 6 nitrogen and oxygen atoms in total. The van der Waals surface area contributed by atoms with Crippen molar-refractivity contribution < 1.29 is 19.1 Å². The first-order chi connectivity index (χ1) is 18.2. The molecule has 210 valence electrons. The zero-order chi connectivity index (χ0) is 27.9. The molecule has 2 aromatic rings. The second kappa shape index (κ2) is 17.0. The topological polar surface area (TPSA) is 59.1 Å². The van der Waals surface area contributed by atoms with Crippen LogP contribution in [0.1, 0.15) is 73.1 Å². The molecule has 2 atom stereocenters. The van der Waals surface area contributed by atoms with Crippen LogP contribution in [0.5, 0.6) is 11.5 Å². The largest absolute Gasteiger partial charge is 0.494 e. The SMILES string of the molecule is CCCOc1ccc(C(=O)C(CCCCC(CN(C)C)C(=O)c2ccc(OCCC)cc2)CN(C)C)cc1. The highest BCUT2D eigenvalue weighted by Crippen LogP contribution is 2.23. The summed E-state index contributed by atoms with van der Waals surface area (Å²) < 4.78 is 11.3. The van der Waals surface area contributed by atoms with Gasteiger partial charge in [-0.3, -0.25) is 9.59 Å². The Balaban J connectivity index is 1.97. The minimum atomic E-state index is -0.0777. The van der Waals surface area contributed by atoms with E-state index >= 15 is 0 Å². The Hall–Kier alpha value is -2.70. The fourth-order valence-electron chi connectivity index (χ4n) is 4.62. The summed E-state index contributed by atoms with van der Waals surface area (Å²) in [5.41, 5.74) is 1.46. The number of rotatable bonds is 19. The standard InChI is InChI=1S/C32H48N2O4/c1-7-21-37-29-17-13-25(14-18-29)31(35)27(23-33(3)4)11-9-10-12-28(24-34(5)6)32(36)26-15-19-30(20-16-26)38-22-8-2/h13-20,27-28H,7-12,21-24H2,1-6H3. The lowest BCUT2D eigenvalue weighted by Gasteiger charge is -2.22. The molecule has 0 fully saturated rings. The highest BCUT2D eigenvalue weighted by molar-refractivity contribution is 5.98. The third-order valence-corrected chi connectivity index (χ3v) is 6.49. The molecule has 0 radical (unpaired) electrons. The van der Waals surface area contributed by atoms with E-state index in [2.05, 4.69) is 23.6 Å². The van der Waals surface area contributed by atoms with Crippen molar-refractivity contribution in [1.82, 2.24) is 9.80 Å². The maximum absolute atomic E-state index is 13.3. The molecule has 0 heterocycles. The summed E-state index contributed by atoms with van der Waals surface area (Å²) in [5, 5.41) is 0. The molecular formula is C32H48N2O4. The van der Waals surface area contributed by atoms with Crippen LogP contribution >= 0.6 is 0 Å². The zero-order valence-electron chi connectivity index (χ0n) is 24.4. The van der Waals surface area contributed by atoms with Crippen molar-refractivity contribution in [3.05, 3.63) is 59.7 Å². The molecule has 0 saturated heterocycles. The third kappa shape index (κ3) is 11.0. The quantitative estimate of drug-likeness (QED) is 0.160. The first-order valence-electron chi connectivity index (χ1n) is 14.1. The number of ether oxygens (including phenoxy) is 2. The van der Waals surface area contributed by atoms with Gasteiger partial charge >= 0.3 is 0 Å². The summed E-state index contributed by atoms with van der Waals surface area (Å²) in [5.74, 6) is 1.79. The molecule has 0 bridgehead atoms. The van der Waals surface area contributed by atoms with Gasteiger partial charge in [-0.1, -0.05) is 26.7 Å². The van der Waals surface area contributed by atoms with E-state index in [4.69, 9.17) is 9.47 Å². The van der Waals surface area contributed by atoms with Crippen LogP contribution in [0.3, 0.4) is 0 Å². The summed E-state index contributed by atoms with van der Waals surface area (Å²) in [6, 6.07) is 15.0. The van der Waals surface area contributed by atoms with E-state index in [0.717, 1.165) is 61.2 Å². The average Bonchev–Trinajstić information content (AvgIpc) is 2.91. The summed E-state index contributed by atoms with van der Waals surface area (Å²) >= 11 is 0. The number of carbonyl (C=O) groups is 2. The summed E-state index contributed by atoms with van der Waals surface area (Å²) in [6.45, 7) is 6.91. The Morgan fingerprint density at radius 1 is 0.632 bits per heavy atom. The Morgan fingerprint density at radius 3 is 1.26 bits per heavy atom. The monoisotopic (exact) mass is 524 g/mol. The number of ketones is 2. The minimum Gasteiger partial charge on any atom is -0.494 e. The van der Waals surface area contributed by atoms with E-state index in [9.17, 15) is 9.59 Å². The predicted molar refractivity (Wildman–Crippen MR) is 156 cm³/mol. The molecule has 0 N–H and O–H groups in total. The van der Waals surface area contributed by atoms with E-state index in [-0.39, 0.29) is 23.4 Å². The number of carbonyl (C=O) groups excluding carboxylic acids is 2. The summed E-state index contributed by atoms with van der Waals surface area (Å²) in [7, 11) is 8.03. The number of benzene rings is 2. The fraction of sp³-hybridized carbons (Fsp3) is 0.562. The first kappa shape index (κ1) is 31.5. The van der Waals surface area contributed by atoms with E-state index in [1.807, 2.05) is 76.7 Å². The van der Waals surface area contributed by atoms with Crippen molar-refractivity contribution in [1.29, 1.82) is 0 Å². The van der Waals surface area contributed by atoms with E-state index in [0.29, 0.717) is 26.3 Å². The molecule has 38 heavy (non-hydrogen) atoms. The molecule has 0 amide bonds. The Labute approximate surface area is 230 Å². The molecule has 0 aliphatic rings. The molecule has 6 heteroatoms.